The Morgan fingerprint density at radius 3 is 2.59 bits per heavy atom. The number of aromatic nitrogens is 2. The Morgan fingerprint density at radius 2 is 1.97 bits per heavy atom. The van der Waals surface area contributed by atoms with Gasteiger partial charge in [-0.2, -0.15) is 0 Å². The van der Waals surface area contributed by atoms with Crippen LogP contribution in [0.25, 0.3) is 0 Å². The van der Waals surface area contributed by atoms with Crippen LogP contribution in [0.5, 0.6) is 0 Å². The number of anilines is 1. The van der Waals surface area contributed by atoms with Crippen LogP contribution in [0, 0.1) is 0 Å². The van der Waals surface area contributed by atoms with E-state index in [2.05, 4.69) is 21.3 Å². The first-order chi connectivity index (χ1) is 15.0. The van der Waals surface area contributed by atoms with E-state index in [1.807, 2.05) is 51.7 Å². The second kappa shape index (κ2) is 7.92. The third-order valence-corrected chi connectivity index (χ3v) is 6.00. The Morgan fingerprint density at radius 1 is 1.25 bits per heavy atom. The highest BCUT2D eigenvalue weighted by Crippen LogP contribution is 2.52. The number of imidazole rings is 1. The molecule has 4 rings (SSSR count). The van der Waals surface area contributed by atoms with Crippen molar-refractivity contribution in [3.05, 3.63) is 46.8 Å². The first kappa shape index (κ1) is 22.3. The fraction of sp³-hybridized carbons (Fsp3) is 0.542. The molecular weight excluding hydrogens is 406 g/mol. The number of hydrogen-bond acceptors (Lipinski definition) is 5. The van der Waals surface area contributed by atoms with E-state index in [1.165, 1.54) is 16.0 Å². The highest BCUT2D eigenvalue weighted by molar-refractivity contribution is 5.98. The summed E-state index contributed by atoms with van der Waals surface area (Å²) in [6, 6.07) is 4.20. The molecular formula is C24H33N5O3. The second-order valence-corrected chi connectivity index (χ2v) is 10.3. The number of fused-ring (bicyclic) bond motifs is 2. The van der Waals surface area contributed by atoms with Crippen LogP contribution in [0.2, 0.25) is 0 Å². The molecule has 1 N–H and O–H groups in total. The van der Waals surface area contributed by atoms with Crippen molar-refractivity contribution in [1.82, 2.24) is 19.8 Å². The maximum absolute atomic E-state index is 12.8. The highest BCUT2D eigenvalue weighted by Gasteiger charge is 2.50. The lowest BCUT2D eigenvalue weighted by Gasteiger charge is -2.30. The van der Waals surface area contributed by atoms with E-state index in [4.69, 9.17) is 4.74 Å². The fourth-order valence-electron chi connectivity index (χ4n) is 4.47. The molecule has 1 aliphatic carbocycles. The largest absolute Gasteiger partial charge is 0.443 e. The normalized spacial score (nSPS) is 16.7. The van der Waals surface area contributed by atoms with Gasteiger partial charge in [-0.1, -0.05) is 6.07 Å². The Bertz CT molecular complexity index is 1050. The van der Waals surface area contributed by atoms with E-state index in [0.717, 1.165) is 37.1 Å². The average Bonchev–Trinajstić information content (AvgIpc) is 3.31. The molecule has 1 fully saturated rings. The molecule has 2 amide bonds. The fourth-order valence-corrected chi connectivity index (χ4v) is 4.47. The number of carbonyl (C=O) groups is 2. The third kappa shape index (κ3) is 4.37. The number of carbonyl (C=O) groups excluding carboxylic acids is 2. The van der Waals surface area contributed by atoms with Crippen LogP contribution in [-0.4, -0.2) is 59.7 Å². The van der Waals surface area contributed by atoms with Crippen LogP contribution in [0.15, 0.2) is 24.5 Å². The summed E-state index contributed by atoms with van der Waals surface area (Å²) in [4.78, 5) is 33.2. The lowest BCUT2D eigenvalue weighted by Crippen LogP contribution is -2.40. The molecule has 1 aliphatic heterocycles. The minimum absolute atomic E-state index is 0.00360. The molecule has 1 aromatic carbocycles. The molecule has 0 unspecified atom stereocenters. The van der Waals surface area contributed by atoms with Gasteiger partial charge in [0.15, 0.2) is 0 Å². The SMILES string of the molecule is CN(C)Cc1cc(Cn2ccnc2N(C)C(=O)OC(C)(C)C)cc2c1C1(CC1)CNC2=O. The van der Waals surface area contributed by atoms with Gasteiger partial charge < -0.3 is 19.5 Å². The number of hydrogen-bond donors (Lipinski definition) is 1. The van der Waals surface area contributed by atoms with Gasteiger partial charge >= 0.3 is 6.09 Å². The highest BCUT2D eigenvalue weighted by atomic mass is 16.6. The Hall–Kier alpha value is -2.87. The minimum atomic E-state index is -0.589. The van der Waals surface area contributed by atoms with Crippen LogP contribution in [0.4, 0.5) is 10.7 Å². The second-order valence-electron chi connectivity index (χ2n) is 10.3. The standard InChI is InChI=1S/C24H33N5O3/c1-23(2,3)32-22(31)28(6)21-25-9-10-29(21)13-16-11-17(14-27(4)5)19-18(12-16)20(30)26-15-24(19)7-8-24/h9-12H,7-8,13-15H2,1-6H3,(H,26,30). The van der Waals surface area contributed by atoms with Gasteiger partial charge in [0.1, 0.15) is 5.60 Å². The summed E-state index contributed by atoms with van der Waals surface area (Å²) in [7, 11) is 5.75. The number of amides is 2. The van der Waals surface area contributed by atoms with Crippen molar-refractivity contribution in [2.75, 3.05) is 32.6 Å². The van der Waals surface area contributed by atoms with Crippen molar-refractivity contribution in [3.63, 3.8) is 0 Å². The maximum Gasteiger partial charge on any atom is 0.416 e. The zero-order chi connectivity index (χ0) is 23.3. The predicted octanol–water partition coefficient (Wildman–Crippen LogP) is 3.14. The molecule has 0 atom stereocenters. The Balaban J connectivity index is 1.67. The van der Waals surface area contributed by atoms with Gasteiger partial charge in [-0.3, -0.25) is 9.69 Å². The molecule has 2 aromatic rings. The molecule has 172 valence electrons. The zero-order valence-corrected chi connectivity index (χ0v) is 19.9. The molecule has 32 heavy (non-hydrogen) atoms. The quantitative estimate of drug-likeness (QED) is 0.774. The lowest BCUT2D eigenvalue weighted by molar-refractivity contribution is 0.0586. The lowest BCUT2D eigenvalue weighted by atomic mass is 9.82. The van der Waals surface area contributed by atoms with Gasteiger partial charge in [0, 0.05) is 43.5 Å². The molecule has 1 aromatic heterocycles. The van der Waals surface area contributed by atoms with Crippen molar-refractivity contribution in [3.8, 4) is 0 Å². The van der Waals surface area contributed by atoms with E-state index in [1.54, 1.807) is 13.2 Å². The third-order valence-electron chi connectivity index (χ3n) is 6.00. The van der Waals surface area contributed by atoms with E-state index < -0.39 is 11.7 Å². The Labute approximate surface area is 189 Å². The van der Waals surface area contributed by atoms with Gasteiger partial charge in [0.05, 0.1) is 6.54 Å². The summed E-state index contributed by atoms with van der Waals surface area (Å²) in [6.07, 6.45) is 5.28. The summed E-state index contributed by atoms with van der Waals surface area (Å²) in [6.45, 7) is 7.51. The van der Waals surface area contributed by atoms with Crippen LogP contribution < -0.4 is 10.2 Å². The predicted molar refractivity (Wildman–Crippen MR) is 123 cm³/mol. The number of ether oxygens (including phenoxy) is 1. The van der Waals surface area contributed by atoms with Crippen LogP contribution in [0.3, 0.4) is 0 Å². The maximum atomic E-state index is 12.8. The van der Waals surface area contributed by atoms with Gasteiger partial charge in [-0.15, -0.1) is 0 Å². The summed E-state index contributed by atoms with van der Waals surface area (Å²) in [5.41, 5.74) is 3.72. The van der Waals surface area contributed by atoms with E-state index in [-0.39, 0.29) is 11.3 Å². The summed E-state index contributed by atoms with van der Waals surface area (Å²) in [5, 5.41) is 3.08. The van der Waals surface area contributed by atoms with Crippen LogP contribution in [0.1, 0.15) is 60.7 Å². The number of nitrogens with zero attached hydrogens (tertiary/aromatic N) is 4. The van der Waals surface area contributed by atoms with Crippen LogP contribution >= 0.6 is 0 Å². The van der Waals surface area contributed by atoms with Crippen molar-refractivity contribution < 1.29 is 14.3 Å². The monoisotopic (exact) mass is 439 g/mol. The number of rotatable bonds is 5. The molecule has 0 bridgehead atoms. The number of nitrogens with one attached hydrogen (secondary N) is 1. The first-order valence-electron chi connectivity index (χ1n) is 11.1. The zero-order valence-electron chi connectivity index (χ0n) is 19.9. The van der Waals surface area contributed by atoms with Crippen molar-refractivity contribution in [1.29, 1.82) is 0 Å². The molecule has 0 radical (unpaired) electrons. The van der Waals surface area contributed by atoms with E-state index in [0.29, 0.717) is 12.5 Å². The summed E-state index contributed by atoms with van der Waals surface area (Å²) >= 11 is 0. The Kier molecular flexibility index (Phi) is 5.53. The molecule has 2 heterocycles. The molecule has 1 spiro atoms. The minimum Gasteiger partial charge on any atom is -0.443 e. The first-order valence-corrected chi connectivity index (χ1v) is 11.1. The van der Waals surface area contributed by atoms with Crippen LogP contribution in [-0.2, 0) is 23.2 Å². The number of benzene rings is 1. The van der Waals surface area contributed by atoms with E-state index in [9.17, 15) is 9.59 Å². The van der Waals surface area contributed by atoms with Crippen molar-refractivity contribution in [2.24, 2.45) is 0 Å². The molecule has 8 nitrogen and oxygen atoms in total. The van der Waals surface area contributed by atoms with Gasteiger partial charge in [-0.05, 0) is 70.5 Å². The average molecular weight is 440 g/mol. The smallest absolute Gasteiger partial charge is 0.416 e. The molecule has 2 aliphatic rings. The van der Waals surface area contributed by atoms with Gasteiger partial charge in [0.2, 0.25) is 5.95 Å². The van der Waals surface area contributed by atoms with E-state index >= 15 is 0 Å². The summed E-state index contributed by atoms with van der Waals surface area (Å²) < 4.78 is 7.39. The van der Waals surface area contributed by atoms with Gasteiger partial charge in [0.25, 0.3) is 5.91 Å². The molecule has 8 heteroatoms. The topological polar surface area (TPSA) is 79.7 Å². The summed E-state index contributed by atoms with van der Waals surface area (Å²) in [5.74, 6) is 0.491. The van der Waals surface area contributed by atoms with Gasteiger partial charge in [-0.25, -0.2) is 9.78 Å². The molecule has 1 saturated carbocycles. The van der Waals surface area contributed by atoms with Crippen molar-refractivity contribution >= 4 is 17.9 Å². The van der Waals surface area contributed by atoms with Crippen molar-refractivity contribution in [2.45, 2.75) is 57.7 Å². The molecule has 0 saturated heterocycles.